The molecule has 3 N–H and O–H groups in total. The Morgan fingerprint density at radius 3 is 2.63 bits per heavy atom. The number of nitrogen functional groups attached to an aromatic ring is 1. The van der Waals surface area contributed by atoms with Crippen molar-refractivity contribution in [1.29, 1.82) is 0 Å². The fourth-order valence-corrected chi connectivity index (χ4v) is 1.88. The normalized spacial score (nSPS) is 10.3. The van der Waals surface area contributed by atoms with Gasteiger partial charge in [0.15, 0.2) is 0 Å². The molecule has 3 nitrogen and oxygen atoms in total. The Hall–Kier alpha value is -1.95. The van der Waals surface area contributed by atoms with Crippen LogP contribution < -0.4 is 11.1 Å². The van der Waals surface area contributed by atoms with Crippen molar-refractivity contribution in [2.45, 2.75) is 0 Å². The predicted octanol–water partition coefficient (Wildman–Crippen LogP) is 3.56. The highest BCUT2D eigenvalue weighted by molar-refractivity contribution is 9.10. The minimum atomic E-state index is -0.666. The summed E-state index contributed by atoms with van der Waals surface area (Å²) in [5, 5.41) is 2.43. The van der Waals surface area contributed by atoms with Crippen LogP contribution in [0.5, 0.6) is 0 Å². The van der Waals surface area contributed by atoms with Crippen molar-refractivity contribution < 1.29 is 13.6 Å². The zero-order valence-corrected chi connectivity index (χ0v) is 11.2. The van der Waals surface area contributed by atoms with Crippen molar-refractivity contribution >= 4 is 33.2 Å². The predicted molar refractivity (Wildman–Crippen MR) is 72.9 cm³/mol. The van der Waals surface area contributed by atoms with Crippen LogP contribution in [0.3, 0.4) is 0 Å². The zero-order chi connectivity index (χ0) is 14.0. The third kappa shape index (κ3) is 2.90. The molecule has 0 aliphatic rings. The number of hydrogen-bond acceptors (Lipinski definition) is 2. The summed E-state index contributed by atoms with van der Waals surface area (Å²) in [5.41, 5.74) is 5.73. The Bertz CT molecular complexity index is 647. The first kappa shape index (κ1) is 13.5. The summed E-state index contributed by atoms with van der Waals surface area (Å²) < 4.78 is 26.8. The molecular formula is C13H9BrF2N2O. The molecule has 19 heavy (non-hydrogen) atoms. The number of nitrogens with one attached hydrogen (secondary N) is 1. The van der Waals surface area contributed by atoms with Crippen molar-refractivity contribution in [2.24, 2.45) is 0 Å². The zero-order valence-electron chi connectivity index (χ0n) is 9.58. The molecule has 0 fully saturated rings. The summed E-state index contributed by atoms with van der Waals surface area (Å²) in [6, 6.07) is 7.91. The van der Waals surface area contributed by atoms with Crippen molar-refractivity contribution in [3.8, 4) is 0 Å². The van der Waals surface area contributed by atoms with Gasteiger partial charge in [-0.15, -0.1) is 0 Å². The van der Waals surface area contributed by atoms with Gasteiger partial charge in [0, 0.05) is 0 Å². The van der Waals surface area contributed by atoms with E-state index in [-0.39, 0.29) is 21.4 Å². The molecule has 2 rings (SSSR count). The van der Waals surface area contributed by atoms with E-state index in [1.54, 1.807) is 0 Å². The number of anilines is 2. The largest absolute Gasteiger partial charge is 0.397 e. The number of halogens is 3. The molecule has 0 aromatic heterocycles. The summed E-state index contributed by atoms with van der Waals surface area (Å²) in [7, 11) is 0. The number of nitrogens with two attached hydrogens (primary N) is 1. The number of rotatable bonds is 2. The first-order valence-electron chi connectivity index (χ1n) is 5.29. The second-order valence-corrected chi connectivity index (χ2v) is 4.64. The molecule has 0 saturated carbocycles. The average Bonchev–Trinajstić information content (AvgIpc) is 2.36. The second kappa shape index (κ2) is 5.36. The molecule has 6 heteroatoms. The van der Waals surface area contributed by atoms with E-state index in [2.05, 4.69) is 21.2 Å². The van der Waals surface area contributed by atoms with E-state index in [9.17, 15) is 13.6 Å². The minimum absolute atomic E-state index is 0.0729. The first-order valence-corrected chi connectivity index (χ1v) is 6.08. The van der Waals surface area contributed by atoms with Crippen LogP contribution >= 0.6 is 15.9 Å². The highest BCUT2D eigenvalue weighted by Gasteiger charge is 2.15. The van der Waals surface area contributed by atoms with Crippen molar-refractivity contribution in [3.05, 3.63) is 58.1 Å². The fraction of sp³-hybridized carbons (Fsp3) is 0. The lowest BCUT2D eigenvalue weighted by atomic mass is 10.2. The van der Waals surface area contributed by atoms with Gasteiger partial charge in [0.05, 0.1) is 21.4 Å². The maximum absolute atomic E-state index is 13.7. The van der Waals surface area contributed by atoms with Crippen molar-refractivity contribution in [1.82, 2.24) is 0 Å². The van der Waals surface area contributed by atoms with Gasteiger partial charge in [-0.25, -0.2) is 8.78 Å². The number of hydrogen-bond donors (Lipinski definition) is 2. The highest BCUT2D eigenvalue weighted by atomic mass is 79.9. The molecule has 0 saturated heterocycles. The molecule has 2 aromatic carbocycles. The smallest absolute Gasteiger partial charge is 0.258 e. The van der Waals surface area contributed by atoms with E-state index < -0.39 is 17.5 Å². The Labute approximate surface area is 116 Å². The molecule has 0 aliphatic carbocycles. The molecule has 0 bridgehead atoms. The SMILES string of the molecule is Nc1cc(F)ccc1NC(=O)c1cccc(Br)c1F. The van der Waals surface area contributed by atoms with Crippen molar-refractivity contribution in [2.75, 3.05) is 11.1 Å². The molecule has 0 aliphatic heterocycles. The number of carbonyl (C=O) groups excluding carboxylic acids is 1. The topological polar surface area (TPSA) is 55.1 Å². The molecule has 1 amide bonds. The molecule has 0 atom stereocenters. The van der Waals surface area contributed by atoms with Crippen LogP contribution in [-0.2, 0) is 0 Å². The summed E-state index contributed by atoms with van der Waals surface area (Å²) in [6.45, 7) is 0. The standard InChI is InChI=1S/C13H9BrF2N2O/c14-9-3-1-2-8(12(9)16)13(19)18-11-5-4-7(15)6-10(11)17/h1-6H,17H2,(H,18,19). The molecule has 0 unspecified atom stereocenters. The van der Waals surface area contributed by atoms with Gasteiger partial charge in [0.25, 0.3) is 5.91 Å². The van der Waals surface area contributed by atoms with E-state index in [0.717, 1.165) is 12.1 Å². The minimum Gasteiger partial charge on any atom is -0.397 e. The van der Waals surface area contributed by atoms with Crippen LogP contribution in [-0.4, -0.2) is 5.91 Å². The maximum Gasteiger partial charge on any atom is 0.258 e. The van der Waals surface area contributed by atoms with Gasteiger partial charge < -0.3 is 11.1 Å². The Balaban J connectivity index is 2.28. The summed E-state index contributed by atoms with van der Waals surface area (Å²) in [4.78, 5) is 11.9. The molecule has 0 radical (unpaired) electrons. The van der Waals surface area contributed by atoms with E-state index in [0.29, 0.717) is 0 Å². The highest BCUT2D eigenvalue weighted by Crippen LogP contribution is 2.22. The molecule has 0 heterocycles. The van der Waals surface area contributed by atoms with Crippen LogP contribution in [0, 0.1) is 11.6 Å². The van der Waals surface area contributed by atoms with Crippen LogP contribution in [0.2, 0.25) is 0 Å². The summed E-state index contributed by atoms with van der Waals surface area (Å²) >= 11 is 2.99. The van der Waals surface area contributed by atoms with E-state index in [1.807, 2.05) is 0 Å². The third-order valence-corrected chi connectivity index (χ3v) is 3.07. The third-order valence-electron chi connectivity index (χ3n) is 2.46. The van der Waals surface area contributed by atoms with E-state index in [1.165, 1.54) is 24.3 Å². The molecule has 0 spiro atoms. The molecular weight excluding hydrogens is 318 g/mol. The van der Waals surface area contributed by atoms with Gasteiger partial charge in [0.2, 0.25) is 0 Å². The van der Waals surface area contributed by atoms with Crippen LogP contribution in [0.15, 0.2) is 40.9 Å². The van der Waals surface area contributed by atoms with Crippen molar-refractivity contribution in [3.63, 3.8) is 0 Å². The van der Waals surface area contributed by atoms with Gasteiger partial charge >= 0.3 is 0 Å². The van der Waals surface area contributed by atoms with Crippen LogP contribution in [0.25, 0.3) is 0 Å². The lowest BCUT2D eigenvalue weighted by molar-refractivity contribution is 0.102. The summed E-state index contributed by atoms with van der Waals surface area (Å²) in [6.07, 6.45) is 0. The van der Waals surface area contributed by atoms with Gasteiger partial charge in [-0.3, -0.25) is 4.79 Å². The monoisotopic (exact) mass is 326 g/mol. The Kier molecular flexibility index (Phi) is 3.80. The Morgan fingerprint density at radius 2 is 1.95 bits per heavy atom. The number of benzene rings is 2. The fourth-order valence-electron chi connectivity index (χ4n) is 1.52. The van der Waals surface area contributed by atoms with Gasteiger partial charge in [-0.05, 0) is 46.3 Å². The lowest BCUT2D eigenvalue weighted by Gasteiger charge is -2.09. The Morgan fingerprint density at radius 1 is 1.21 bits per heavy atom. The van der Waals surface area contributed by atoms with Gasteiger partial charge in [-0.1, -0.05) is 6.07 Å². The van der Waals surface area contributed by atoms with Gasteiger partial charge in [0.1, 0.15) is 11.6 Å². The maximum atomic E-state index is 13.7. The van der Waals surface area contributed by atoms with Gasteiger partial charge in [-0.2, -0.15) is 0 Å². The second-order valence-electron chi connectivity index (χ2n) is 3.79. The lowest BCUT2D eigenvalue weighted by Crippen LogP contribution is -2.15. The van der Waals surface area contributed by atoms with Crippen LogP contribution in [0.4, 0.5) is 20.2 Å². The first-order chi connectivity index (χ1) is 8.99. The molecule has 2 aromatic rings. The average molecular weight is 327 g/mol. The van der Waals surface area contributed by atoms with Crippen LogP contribution in [0.1, 0.15) is 10.4 Å². The van der Waals surface area contributed by atoms with E-state index >= 15 is 0 Å². The number of amides is 1. The molecule has 98 valence electrons. The quantitative estimate of drug-likeness (QED) is 0.829. The number of carbonyl (C=O) groups is 1. The summed E-state index contributed by atoms with van der Waals surface area (Å²) in [5.74, 6) is -1.83. The van der Waals surface area contributed by atoms with E-state index in [4.69, 9.17) is 5.73 Å².